The fourth-order valence-electron chi connectivity index (χ4n) is 4.55. The molecular formula is C22H27N3O5. The van der Waals surface area contributed by atoms with Gasteiger partial charge in [0.1, 0.15) is 11.8 Å². The number of nitrogens with zero attached hydrogens (tertiary/aromatic N) is 1. The van der Waals surface area contributed by atoms with Crippen LogP contribution in [-0.4, -0.2) is 51.8 Å². The number of H-pyrrole nitrogens is 1. The third-order valence-corrected chi connectivity index (χ3v) is 6.22. The van der Waals surface area contributed by atoms with Crippen LogP contribution < -0.4 is 5.32 Å². The number of aromatic nitrogens is 2. The zero-order valence-electron chi connectivity index (χ0n) is 17.2. The molecule has 1 saturated heterocycles. The van der Waals surface area contributed by atoms with Crippen LogP contribution >= 0.6 is 0 Å². The number of carbonyl (C=O) groups excluding carboxylic acids is 1. The fraction of sp³-hybridized carbons (Fsp3) is 0.500. The number of methoxy groups -OCH3 is 1. The Kier molecular flexibility index (Phi) is 5.62. The number of Topliss-reactive ketones (excluding diaryl/α,β-unsaturated/α-hetero) is 1. The van der Waals surface area contributed by atoms with E-state index >= 15 is 0 Å². The summed E-state index contributed by atoms with van der Waals surface area (Å²) < 4.78 is 11.7. The molecule has 0 spiro atoms. The number of hydrogen-bond acceptors (Lipinski definition) is 6. The lowest BCUT2D eigenvalue weighted by atomic mass is 9.86. The standard InChI is InChI=1S/C22H27N3O5/c1-13(29-2)22(25-15-7-4-3-5-8-15)18(21(27)28)19(26)17(30-22)11-14-12-24-20-16(14)9-6-10-23-20/h6,9-13,15,18,25H,3-5,7-8H2,1-2H3,(H,23,24)(H,27,28)/b17-11-. The van der Waals surface area contributed by atoms with Gasteiger partial charge in [0, 0.05) is 36.5 Å². The zero-order valence-corrected chi connectivity index (χ0v) is 17.2. The predicted octanol–water partition coefficient (Wildman–Crippen LogP) is 2.86. The van der Waals surface area contributed by atoms with Gasteiger partial charge in [-0.25, -0.2) is 4.98 Å². The van der Waals surface area contributed by atoms with Crippen molar-refractivity contribution in [3.05, 3.63) is 35.8 Å². The van der Waals surface area contributed by atoms with E-state index in [4.69, 9.17) is 9.47 Å². The van der Waals surface area contributed by atoms with Gasteiger partial charge in [0.15, 0.2) is 11.7 Å². The topological polar surface area (TPSA) is 114 Å². The third-order valence-electron chi connectivity index (χ3n) is 6.22. The van der Waals surface area contributed by atoms with Crippen molar-refractivity contribution >= 4 is 28.9 Å². The molecule has 1 aliphatic carbocycles. The number of allylic oxidation sites excluding steroid dienone is 1. The molecule has 1 saturated carbocycles. The molecule has 3 heterocycles. The van der Waals surface area contributed by atoms with Crippen molar-refractivity contribution in [3.8, 4) is 0 Å². The van der Waals surface area contributed by atoms with Gasteiger partial charge in [-0.1, -0.05) is 19.3 Å². The maximum absolute atomic E-state index is 13.2. The quantitative estimate of drug-likeness (QED) is 0.493. The summed E-state index contributed by atoms with van der Waals surface area (Å²) in [5.74, 6) is -3.17. The van der Waals surface area contributed by atoms with E-state index in [2.05, 4.69) is 15.3 Å². The number of carboxylic acids is 1. The number of hydrogen-bond donors (Lipinski definition) is 3. The summed E-state index contributed by atoms with van der Waals surface area (Å²) >= 11 is 0. The summed E-state index contributed by atoms with van der Waals surface area (Å²) in [5.41, 5.74) is -0.0684. The van der Waals surface area contributed by atoms with Crippen molar-refractivity contribution < 1.29 is 24.2 Å². The molecule has 0 aromatic carbocycles. The van der Waals surface area contributed by atoms with Gasteiger partial charge in [-0.05, 0) is 38.0 Å². The second kappa shape index (κ2) is 8.20. The minimum absolute atomic E-state index is 0.0133. The lowest BCUT2D eigenvalue weighted by Crippen LogP contribution is -2.63. The van der Waals surface area contributed by atoms with E-state index in [1.807, 2.05) is 6.07 Å². The van der Waals surface area contributed by atoms with E-state index in [1.165, 1.54) is 7.11 Å². The van der Waals surface area contributed by atoms with Crippen LogP contribution in [-0.2, 0) is 19.1 Å². The molecule has 2 aromatic heterocycles. The highest BCUT2D eigenvalue weighted by Crippen LogP contribution is 2.40. The SMILES string of the molecule is COC(C)C1(NC2CCCCC2)O/C(=C\c2c[nH]c3ncccc23)C(=O)C1C(=O)O. The Hall–Kier alpha value is -2.71. The van der Waals surface area contributed by atoms with E-state index in [1.54, 1.807) is 31.5 Å². The molecule has 4 rings (SSSR count). The fourth-order valence-corrected chi connectivity index (χ4v) is 4.55. The van der Waals surface area contributed by atoms with Crippen LogP contribution in [0.25, 0.3) is 17.1 Å². The van der Waals surface area contributed by atoms with Crippen LogP contribution in [0.2, 0.25) is 0 Å². The largest absolute Gasteiger partial charge is 0.481 e. The summed E-state index contributed by atoms with van der Waals surface area (Å²) in [6.45, 7) is 1.73. The summed E-state index contributed by atoms with van der Waals surface area (Å²) in [7, 11) is 1.49. The molecule has 30 heavy (non-hydrogen) atoms. The molecular weight excluding hydrogens is 386 g/mol. The predicted molar refractivity (Wildman–Crippen MR) is 110 cm³/mol. The monoisotopic (exact) mass is 413 g/mol. The van der Waals surface area contributed by atoms with Gasteiger partial charge < -0.3 is 19.6 Å². The zero-order chi connectivity index (χ0) is 21.3. The van der Waals surface area contributed by atoms with Gasteiger partial charge in [-0.2, -0.15) is 0 Å². The van der Waals surface area contributed by atoms with Crippen LogP contribution in [0.4, 0.5) is 0 Å². The Labute approximate surface area is 174 Å². The number of carbonyl (C=O) groups is 2. The average Bonchev–Trinajstić information content (AvgIpc) is 3.28. The molecule has 8 heteroatoms. The van der Waals surface area contributed by atoms with Crippen molar-refractivity contribution in [2.45, 2.75) is 56.9 Å². The second-order valence-electron chi connectivity index (χ2n) is 8.04. The minimum Gasteiger partial charge on any atom is -0.481 e. The molecule has 8 nitrogen and oxygen atoms in total. The van der Waals surface area contributed by atoms with Crippen molar-refractivity contribution in [1.29, 1.82) is 0 Å². The van der Waals surface area contributed by atoms with Crippen LogP contribution in [0.3, 0.4) is 0 Å². The molecule has 0 amide bonds. The molecule has 2 aromatic rings. The van der Waals surface area contributed by atoms with Crippen molar-refractivity contribution in [3.63, 3.8) is 0 Å². The highest BCUT2D eigenvalue weighted by atomic mass is 16.6. The summed E-state index contributed by atoms with van der Waals surface area (Å²) in [4.78, 5) is 32.7. The molecule has 2 aliphatic rings. The highest BCUT2D eigenvalue weighted by molar-refractivity contribution is 6.12. The Balaban J connectivity index is 1.75. The van der Waals surface area contributed by atoms with Gasteiger partial charge in [0.05, 0.1) is 0 Å². The number of ketones is 1. The molecule has 0 bridgehead atoms. The number of ether oxygens (including phenoxy) is 2. The van der Waals surface area contributed by atoms with Crippen LogP contribution in [0.1, 0.15) is 44.6 Å². The number of rotatable bonds is 6. The number of aliphatic carboxylic acids is 1. The van der Waals surface area contributed by atoms with Gasteiger partial charge in [0.2, 0.25) is 11.5 Å². The number of aromatic amines is 1. The van der Waals surface area contributed by atoms with E-state index < -0.39 is 29.5 Å². The number of carboxylic acid groups (broad SMARTS) is 1. The van der Waals surface area contributed by atoms with Crippen molar-refractivity contribution in [2.75, 3.05) is 7.11 Å². The highest BCUT2D eigenvalue weighted by Gasteiger charge is 2.61. The second-order valence-corrected chi connectivity index (χ2v) is 8.04. The maximum atomic E-state index is 13.2. The van der Waals surface area contributed by atoms with Gasteiger partial charge in [-0.3, -0.25) is 14.9 Å². The van der Waals surface area contributed by atoms with Crippen LogP contribution in [0, 0.1) is 5.92 Å². The number of fused-ring (bicyclic) bond motifs is 1. The lowest BCUT2D eigenvalue weighted by Gasteiger charge is -2.40. The molecule has 3 unspecified atom stereocenters. The minimum atomic E-state index is -1.46. The number of pyridine rings is 1. The molecule has 2 fully saturated rings. The Bertz CT molecular complexity index is 978. The normalized spacial score (nSPS) is 27.5. The van der Waals surface area contributed by atoms with Crippen LogP contribution in [0.15, 0.2) is 30.3 Å². The van der Waals surface area contributed by atoms with Gasteiger partial charge in [0.25, 0.3) is 0 Å². The van der Waals surface area contributed by atoms with E-state index in [0.717, 1.165) is 37.5 Å². The maximum Gasteiger partial charge on any atom is 0.320 e. The summed E-state index contributed by atoms with van der Waals surface area (Å²) in [6, 6.07) is 3.75. The average molecular weight is 413 g/mol. The Morgan fingerprint density at radius 3 is 2.90 bits per heavy atom. The van der Waals surface area contributed by atoms with Gasteiger partial charge in [-0.15, -0.1) is 0 Å². The third kappa shape index (κ3) is 3.50. The molecule has 1 aliphatic heterocycles. The molecule has 160 valence electrons. The Morgan fingerprint density at radius 1 is 1.43 bits per heavy atom. The van der Waals surface area contributed by atoms with Crippen LogP contribution in [0.5, 0.6) is 0 Å². The number of nitrogens with one attached hydrogen (secondary N) is 2. The smallest absolute Gasteiger partial charge is 0.320 e. The lowest BCUT2D eigenvalue weighted by molar-refractivity contribution is -0.167. The van der Waals surface area contributed by atoms with Crippen molar-refractivity contribution in [2.24, 2.45) is 5.92 Å². The van der Waals surface area contributed by atoms with E-state index in [0.29, 0.717) is 11.2 Å². The van der Waals surface area contributed by atoms with Crippen molar-refractivity contribution in [1.82, 2.24) is 15.3 Å². The summed E-state index contributed by atoms with van der Waals surface area (Å²) in [5, 5.41) is 14.2. The van der Waals surface area contributed by atoms with Gasteiger partial charge >= 0.3 is 5.97 Å². The first-order valence-corrected chi connectivity index (χ1v) is 10.4. The van der Waals surface area contributed by atoms with E-state index in [-0.39, 0.29) is 11.8 Å². The first kappa shape index (κ1) is 20.6. The van der Waals surface area contributed by atoms with E-state index in [9.17, 15) is 14.7 Å². The molecule has 0 radical (unpaired) electrons. The first-order chi connectivity index (χ1) is 14.5. The Morgan fingerprint density at radius 2 is 2.20 bits per heavy atom. The molecule has 3 atom stereocenters. The first-order valence-electron chi connectivity index (χ1n) is 10.4. The summed E-state index contributed by atoms with van der Waals surface area (Å²) in [6.07, 6.45) is 9.44. The molecule has 3 N–H and O–H groups in total.